The predicted molar refractivity (Wildman–Crippen MR) is 89.8 cm³/mol. The number of carbonyl (C=O) groups is 2. The quantitative estimate of drug-likeness (QED) is 0.702. The van der Waals surface area contributed by atoms with Gasteiger partial charge >= 0.3 is 0 Å². The van der Waals surface area contributed by atoms with Crippen LogP contribution in [0.4, 0.5) is 0 Å². The largest absolute Gasteiger partial charge is 0.344 e. The van der Waals surface area contributed by atoms with E-state index in [4.69, 9.17) is 9.47 Å². The Labute approximate surface area is 130 Å². The molecule has 1 aliphatic rings. The topological polar surface area (TPSA) is 52.6 Å². The van der Waals surface area contributed by atoms with Gasteiger partial charge in [0.2, 0.25) is 0 Å². The maximum absolute atomic E-state index is 12.3. The second-order valence-electron chi connectivity index (χ2n) is 8.47. The lowest BCUT2D eigenvalue weighted by molar-refractivity contribution is -0.148. The molecule has 122 valence electrons. The minimum absolute atomic E-state index is 0.277. The van der Waals surface area contributed by atoms with Crippen LogP contribution >= 0.6 is 0 Å². The summed E-state index contributed by atoms with van der Waals surface area (Å²) in [6, 6.07) is 0. The molecule has 0 radical (unpaired) electrons. The van der Waals surface area contributed by atoms with Crippen molar-refractivity contribution in [3.8, 4) is 0 Å². The van der Waals surface area contributed by atoms with Gasteiger partial charge in [-0.05, 0) is 13.8 Å². The third kappa shape index (κ3) is 5.43. The first kappa shape index (κ1) is 18.7. The van der Waals surface area contributed by atoms with Crippen molar-refractivity contribution in [1.82, 2.24) is 0 Å². The van der Waals surface area contributed by atoms with E-state index in [0.29, 0.717) is 12.8 Å². The second kappa shape index (κ2) is 6.06. The molecule has 1 rings (SSSR count). The van der Waals surface area contributed by atoms with Crippen LogP contribution < -0.4 is 0 Å². The monoisotopic (exact) mass is 330 g/mol. The molecule has 0 amide bonds. The summed E-state index contributed by atoms with van der Waals surface area (Å²) in [5, 5.41) is 0.554. The molecule has 1 fully saturated rings. The Morgan fingerprint density at radius 2 is 1.10 bits per heavy atom. The Morgan fingerprint density at radius 3 is 1.33 bits per heavy atom. The zero-order chi connectivity index (χ0) is 16.6. The van der Waals surface area contributed by atoms with Gasteiger partial charge in [-0.2, -0.15) is 0 Å². The molecule has 21 heavy (non-hydrogen) atoms. The van der Waals surface area contributed by atoms with Gasteiger partial charge in [0.25, 0.3) is 0 Å². The molecule has 0 spiro atoms. The Hall–Kier alpha value is -0.306. The fourth-order valence-corrected chi connectivity index (χ4v) is 3.86. The molecule has 0 aliphatic carbocycles. The maximum atomic E-state index is 12.3. The van der Waals surface area contributed by atoms with Gasteiger partial charge in [-0.15, -0.1) is 0 Å². The van der Waals surface area contributed by atoms with Crippen LogP contribution in [0.1, 0.15) is 26.7 Å². The van der Waals surface area contributed by atoms with E-state index < -0.39 is 21.9 Å². The van der Waals surface area contributed by atoms with Crippen LogP contribution in [0.2, 0.25) is 39.3 Å². The third-order valence-corrected chi connectivity index (χ3v) is 7.49. The minimum atomic E-state index is -1.83. The SMILES string of the molecule is CC1(C)O[C@@H](CC(=O)[Si](C)(C)C)[C@H](CC(=O)[Si](C)(C)C)O1. The van der Waals surface area contributed by atoms with Crippen LogP contribution in [0.5, 0.6) is 0 Å². The Bertz CT molecular complexity index is 380. The highest BCUT2D eigenvalue weighted by molar-refractivity contribution is 7.04. The molecule has 0 bridgehead atoms. The van der Waals surface area contributed by atoms with Gasteiger partial charge in [0.15, 0.2) is 5.79 Å². The van der Waals surface area contributed by atoms with E-state index in [9.17, 15) is 9.59 Å². The number of hydrogen-bond donors (Lipinski definition) is 0. The summed E-state index contributed by atoms with van der Waals surface area (Å²) in [4.78, 5) is 24.6. The molecular weight excluding hydrogens is 300 g/mol. The van der Waals surface area contributed by atoms with Crippen LogP contribution in [0, 0.1) is 0 Å². The molecule has 4 nitrogen and oxygen atoms in total. The standard InChI is InChI=1S/C15H30O4Si2/c1-15(2)18-11(9-13(16)20(3,4)5)12(19-15)10-14(17)21(6,7)8/h11-12H,9-10H2,1-8H3/t11-,12-/m0/s1. The normalized spacial score (nSPS) is 25.9. The highest BCUT2D eigenvalue weighted by Gasteiger charge is 2.45. The van der Waals surface area contributed by atoms with Gasteiger partial charge in [-0.3, -0.25) is 0 Å². The third-order valence-electron chi connectivity index (χ3n) is 3.73. The van der Waals surface area contributed by atoms with E-state index in [1.54, 1.807) is 0 Å². The van der Waals surface area contributed by atoms with E-state index in [1.165, 1.54) is 0 Å². The summed E-state index contributed by atoms with van der Waals surface area (Å²) in [5.41, 5.74) is 0. The molecule has 0 unspecified atom stereocenters. The fraction of sp³-hybridized carbons (Fsp3) is 0.867. The zero-order valence-electron chi connectivity index (χ0n) is 14.7. The number of hydrogen-bond acceptors (Lipinski definition) is 4. The first-order valence-electron chi connectivity index (χ1n) is 7.64. The Morgan fingerprint density at radius 1 is 0.810 bits per heavy atom. The first-order valence-corrected chi connectivity index (χ1v) is 14.6. The maximum Gasteiger partial charge on any atom is 0.163 e. The lowest BCUT2D eigenvalue weighted by atomic mass is 10.1. The summed E-state index contributed by atoms with van der Waals surface area (Å²) in [5.74, 6) is -0.714. The molecule has 0 saturated carbocycles. The number of rotatable bonds is 6. The summed E-state index contributed by atoms with van der Waals surface area (Å²) >= 11 is 0. The van der Waals surface area contributed by atoms with E-state index in [-0.39, 0.29) is 23.0 Å². The number of carbonyl (C=O) groups excluding carboxylic acids is 2. The molecule has 0 aromatic rings. The van der Waals surface area contributed by atoms with Crippen molar-refractivity contribution >= 4 is 27.0 Å². The Kier molecular flexibility index (Phi) is 5.41. The van der Waals surface area contributed by atoms with Gasteiger partial charge in [0, 0.05) is 12.8 Å². The number of ether oxygens (including phenoxy) is 2. The van der Waals surface area contributed by atoms with Crippen molar-refractivity contribution in [2.24, 2.45) is 0 Å². The Balaban J connectivity index is 2.80. The van der Waals surface area contributed by atoms with E-state index in [0.717, 1.165) is 0 Å². The van der Waals surface area contributed by atoms with Crippen LogP contribution in [-0.2, 0) is 19.1 Å². The van der Waals surface area contributed by atoms with Gasteiger partial charge in [0.1, 0.15) is 27.0 Å². The summed E-state index contributed by atoms with van der Waals surface area (Å²) in [7, 11) is -3.66. The molecule has 1 aliphatic heterocycles. The van der Waals surface area contributed by atoms with E-state index in [1.807, 2.05) is 53.1 Å². The molecule has 1 saturated heterocycles. The van der Waals surface area contributed by atoms with Crippen molar-refractivity contribution in [2.45, 2.75) is 84.0 Å². The lowest BCUT2D eigenvalue weighted by Crippen LogP contribution is -2.41. The highest BCUT2D eigenvalue weighted by atomic mass is 28.3. The molecule has 0 N–H and O–H groups in total. The van der Waals surface area contributed by atoms with Crippen LogP contribution in [-0.4, -0.2) is 45.0 Å². The first-order chi connectivity index (χ1) is 9.22. The summed E-state index contributed by atoms with van der Waals surface area (Å²) < 4.78 is 11.8. The lowest BCUT2D eigenvalue weighted by Gasteiger charge is -2.22. The van der Waals surface area contributed by atoms with Crippen LogP contribution in [0.3, 0.4) is 0 Å². The summed E-state index contributed by atoms with van der Waals surface area (Å²) in [6.45, 7) is 15.9. The zero-order valence-corrected chi connectivity index (χ0v) is 16.7. The van der Waals surface area contributed by atoms with Crippen molar-refractivity contribution in [2.75, 3.05) is 0 Å². The molecule has 2 atom stereocenters. The average Bonchev–Trinajstić information content (AvgIpc) is 2.50. The molecule has 0 aromatic heterocycles. The molecule has 1 heterocycles. The van der Waals surface area contributed by atoms with E-state index >= 15 is 0 Å². The molecule has 0 aromatic carbocycles. The molecule has 6 heteroatoms. The van der Waals surface area contributed by atoms with Crippen LogP contribution in [0.25, 0.3) is 0 Å². The van der Waals surface area contributed by atoms with E-state index in [2.05, 4.69) is 0 Å². The second-order valence-corrected chi connectivity index (χ2v) is 18.6. The predicted octanol–water partition coefficient (Wildman–Crippen LogP) is 3.18. The van der Waals surface area contributed by atoms with Crippen LogP contribution in [0.15, 0.2) is 0 Å². The van der Waals surface area contributed by atoms with Crippen molar-refractivity contribution in [3.05, 3.63) is 0 Å². The van der Waals surface area contributed by atoms with Gasteiger partial charge in [-0.25, -0.2) is 0 Å². The van der Waals surface area contributed by atoms with Gasteiger partial charge in [0.05, 0.1) is 12.2 Å². The fourth-order valence-electron chi connectivity index (χ4n) is 2.23. The molecular formula is C15H30O4Si2. The van der Waals surface area contributed by atoms with Gasteiger partial charge in [-0.1, -0.05) is 39.3 Å². The van der Waals surface area contributed by atoms with Crippen molar-refractivity contribution in [1.29, 1.82) is 0 Å². The van der Waals surface area contributed by atoms with Gasteiger partial charge < -0.3 is 19.1 Å². The smallest absolute Gasteiger partial charge is 0.163 e. The summed E-state index contributed by atoms with van der Waals surface area (Å²) in [6.07, 6.45) is 0.144. The minimum Gasteiger partial charge on any atom is -0.344 e. The van der Waals surface area contributed by atoms with Crippen molar-refractivity contribution < 1.29 is 19.1 Å². The highest BCUT2D eigenvalue weighted by Crippen LogP contribution is 2.33. The van der Waals surface area contributed by atoms with Crippen molar-refractivity contribution in [3.63, 3.8) is 0 Å². The average molecular weight is 331 g/mol.